The zero-order chi connectivity index (χ0) is 10.8. The van der Waals surface area contributed by atoms with Crippen molar-refractivity contribution >= 4 is 5.97 Å². The number of carbonyl (C=O) groups is 1. The summed E-state index contributed by atoms with van der Waals surface area (Å²) in [6.07, 6.45) is 8.62. The van der Waals surface area contributed by atoms with Crippen molar-refractivity contribution in [3.8, 4) is 0 Å². The van der Waals surface area contributed by atoms with Crippen LogP contribution in [0.1, 0.15) is 58.3 Å². The van der Waals surface area contributed by atoms with Crippen molar-refractivity contribution in [2.45, 2.75) is 58.3 Å². The first kappa shape index (κ1) is 17.5. The van der Waals surface area contributed by atoms with Gasteiger partial charge in [0, 0.05) is 25.4 Å². The van der Waals surface area contributed by atoms with Gasteiger partial charge >= 0.3 is 5.97 Å². The van der Waals surface area contributed by atoms with E-state index < -0.39 is 5.97 Å². The molecule has 0 aromatic carbocycles. The Labute approximate surface area is 107 Å². The molecule has 15 heavy (non-hydrogen) atoms. The van der Waals surface area contributed by atoms with Gasteiger partial charge in [-0.05, 0) is 6.42 Å². The summed E-state index contributed by atoms with van der Waals surface area (Å²) in [5.74, 6) is -0.908. The van der Waals surface area contributed by atoms with E-state index in [1.165, 1.54) is 32.1 Å². The smallest absolute Gasteiger partial charge is 0.303 e. The average molecular weight is 265 g/mol. The molecule has 2 nitrogen and oxygen atoms in total. The van der Waals surface area contributed by atoms with Crippen molar-refractivity contribution in [1.82, 2.24) is 0 Å². The summed E-state index contributed by atoms with van der Waals surface area (Å²) in [7, 11) is 0. The first-order valence-electron chi connectivity index (χ1n) is 5.74. The number of rotatable bonds is 9. The zero-order valence-electron chi connectivity index (χ0n) is 10.0. The van der Waals surface area contributed by atoms with Gasteiger partial charge in [0.05, 0.1) is 0 Å². The van der Waals surface area contributed by atoms with E-state index in [1.54, 1.807) is 0 Å². The van der Waals surface area contributed by atoms with Gasteiger partial charge < -0.3 is 12.0 Å². The molecule has 1 N–H and O–H groups in total. The van der Waals surface area contributed by atoms with Crippen LogP contribution in [0.3, 0.4) is 0 Å². The van der Waals surface area contributed by atoms with Gasteiger partial charge in [0.25, 0.3) is 0 Å². The third kappa shape index (κ3) is 10.4. The summed E-state index contributed by atoms with van der Waals surface area (Å²) in [5.41, 5.74) is 0. The molecule has 0 bridgehead atoms. The van der Waals surface area contributed by atoms with Gasteiger partial charge in [0.15, 0.2) is 0 Å². The van der Waals surface area contributed by atoms with Crippen LogP contribution in [-0.2, 0) is 24.3 Å². The molecule has 1 unspecified atom stereocenters. The van der Waals surface area contributed by atoms with Crippen LogP contribution in [-0.4, -0.2) is 11.1 Å². The molecule has 0 heterocycles. The summed E-state index contributed by atoms with van der Waals surface area (Å²) in [6, 6.07) is 0. The topological polar surface area (TPSA) is 37.3 Å². The summed E-state index contributed by atoms with van der Waals surface area (Å²) in [5, 5.41) is 8.77. The van der Waals surface area contributed by atoms with Crippen LogP contribution in [0.2, 0.25) is 0 Å². The number of carboxylic acids is 1. The van der Waals surface area contributed by atoms with E-state index in [0.29, 0.717) is 6.42 Å². The second-order valence-electron chi connectivity index (χ2n) is 3.88. The molecule has 1 atom stereocenters. The normalized spacial score (nSPS) is 11.9. The standard InChI is InChI=1S/C12H23O2.Zn/c1-3-5-6-7-8-9-10-11(4-2)12(13)14;/h11H,2-10H2,1H3,(H,13,14);/q-1;. The van der Waals surface area contributed by atoms with Crippen molar-refractivity contribution in [3.05, 3.63) is 6.92 Å². The molecular formula is C12H23O2Zn-. The van der Waals surface area contributed by atoms with Gasteiger partial charge in [0.1, 0.15) is 0 Å². The molecule has 0 spiro atoms. The van der Waals surface area contributed by atoms with Gasteiger partial charge in [-0.3, -0.25) is 4.79 Å². The van der Waals surface area contributed by atoms with Crippen LogP contribution < -0.4 is 0 Å². The summed E-state index contributed by atoms with van der Waals surface area (Å²) >= 11 is 0. The second kappa shape index (κ2) is 12.2. The summed E-state index contributed by atoms with van der Waals surface area (Å²) in [4.78, 5) is 10.7. The second-order valence-corrected chi connectivity index (χ2v) is 3.88. The van der Waals surface area contributed by atoms with E-state index in [1.807, 2.05) is 0 Å². The molecular weight excluding hydrogens is 242 g/mol. The van der Waals surface area contributed by atoms with Crippen molar-refractivity contribution in [2.75, 3.05) is 0 Å². The predicted octanol–water partition coefficient (Wildman–Crippen LogP) is 3.66. The maximum Gasteiger partial charge on any atom is 0.303 e. The van der Waals surface area contributed by atoms with Crippen molar-refractivity contribution in [3.63, 3.8) is 0 Å². The molecule has 0 aromatic rings. The minimum Gasteiger partial charge on any atom is -0.481 e. The molecule has 0 aliphatic rings. The third-order valence-corrected chi connectivity index (χ3v) is 2.60. The molecule has 3 heteroatoms. The predicted molar refractivity (Wildman–Crippen MR) is 59.1 cm³/mol. The van der Waals surface area contributed by atoms with E-state index in [9.17, 15) is 4.79 Å². The van der Waals surface area contributed by atoms with Crippen LogP contribution in [0, 0.1) is 12.8 Å². The Bertz CT molecular complexity index is 149. The van der Waals surface area contributed by atoms with Crippen molar-refractivity contribution in [2.24, 2.45) is 5.92 Å². The molecule has 0 fully saturated rings. The first-order chi connectivity index (χ1) is 6.72. The first-order valence-corrected chi connectivity index (χ1v) is 5.74. The Balaban J connectivity index is 0. The third-order valence-electron chi connectivity index (χ3n) is 2.60. The van der Waals surface area contributed by atoms with Crippen LogP contribution in [0.4, 0.5) is 0 Å². The molecule has 0 radical (unpaired) electrons. The Morgan fingerprint density at radius 1 is 1.20 bits per heavy atom. The van der Waals surface area contributed by atoms with Gasteiger partial charge in [0.2, 0.25) is 0 Å². The quantitative estimate of drug-likeness (QED) is 0.392. The van der Waals surface area contributed by atoms with Gasteiger partial charge in [-0.15, -0.1) is 0 Å². The molecule has 0 aliphatic heterocycles. The number of carboxylic acid groups (broad SMARTS) is 1. The fourth-order valence-corrected chi connectivity index (χ4v) is 1.56. The minimum atomic E-state index is -0.687. The minimum absolute atomic E-state index is 0. The molecule has 0 rings (SSSR count). The number of hydrogen-bond donors (Lipinski definition) is 1. The summed E-state index contributed by atoms with van der Waals surface area (Å²) in [6.45, 7) is 5.85. The molecule has 86 valence electrons. The van der Waals surface area contributed by atoms with E-state index in [-0.39, 0.29) is 25.4 Å². The molecule has 0 saturated carbocycles. The molecule has 0 aliphatic carbocycles. The maximum absolute atomic E-state index is 10.7. The monoisotopic (exact) mass is 263 g/mol. The van der Waals surface area contributed by atoms with E-state index in [4.69, 9.17) is 5.11 Å². The Morgan fingerprint density at radius 2 is 1.73 bits per heavy atom. The van der Waals surface area contributed by atoms with Gasteiger partial charge in [-0.1, -0.05) is 45.4 Å². The number of unbranched alkanes of at least 4 members (excludes halogenated alkanes) is 5. The van der Waals surface area contributed by atoms with E-state index in [0.717, 1.165) is 12.8 Å². The molecule has 0 saturated heterocycles. The van der Waals surface area contributed by atoms with Crippen LogP contribution in [0.15, 0.2) is 0 Å². The largest absolute Gasteiger partial charge is 0.481 e. The maximum atomic E-state index is 10.7. The zero-order valence-corrected chi connectivity index (χ0v) is 13.0. The van der Waals surface area contributed by atoms with Crippen LogP contribution in [0.5, 0.6) is 0 Å². The van der Waals surface area contributed by atoms with Crippen LogP contribution >= 0.6 is 0 Å². The van der Waals surface area contributed by atoms with Crippen molar-refractivity contribution < 1.29 is 29.4 Å². The Kier molecular flexibility index (Phi) is 14.2. The number of aliphatic carboxylic acids is 1. The Hall–Kier alpha value is 0.0934. The van der Waals surface area contributed by atoms with E-state index in [2.05, 4.69) is 13.8 Å². The van der Waals surface area contributed by atoms with Crippen molar-refractivity contribution in [1.29, 1.82) is 0 Å². The van der Waals surface area contributed by atoms with Gasteiger partial charge in [-0.2, -0.15) is 6.42 Å². The average Bonchev–Trinajstić information content (AvgIpc) is 2.16. The summed E-state index contributed by atoms with van der Waals surface area (Å²) < 4.78 is 0. The SMILES string of the molecule is [CH2-]CC(CCCCCCCC)C(=O)O.[Zn]. The molecule has 0 amide bonds. The van der Waals surface area contributed by atoms with Crippen LogP contribution in [0.25, 0.3) is 0 Å². The molecule has 0 aromatic heterocycles. The fourth-order valence-electron chi connectivity index (χ4n) is 1.56. The van der Waals surface area contributed by atoms with E-state index >= 15 is 0 Å². The van der Waals surface area contributed by atoms with Gasteiger partial charge in [-0.25, -0.2) is 0 Å². The Morgan fingerprint density at radius 3 is 2.20 bits per heavy atom. The fraction of sp³-hybridized carbons (Fsp3) is 0.833. The number of hydrogen-bond acceptors (Lipinski definition) is 1.